The fraction of sp³-hybridized carbons (Fsp3) is 0.562. The van der Waals surface area contributed by atoms with E-state index in [-0.39, 0.29) is 0 Å². The minimum absolute atomic E-state index is 0.331. The van der Waals surface area contributed by atoms with Crippen LogP contribution in [0.5, 0.6) is 0 Å². The molecule has 2 rings (SSSR count). The second-order valence-corrected chi connectivity index (χ2v) is 5.50. The van der Waals surface area contributed by atoms with Crippen molar-refractivity contribution in [1.82, 2.24) is 0 Å². The first kappa shape index (κ1) is 12.3. The first-order valence-electron chi connectivity index (χ1n) is 6.65. The summed E-state index contributed by atoms with van der Waals surface area (Å²) < 4.78 is 0. The number of ketones is 1. The van der Waals surface area contributed by atoms with E-state index < -0.39 is 0 Å². The summed E-state index contributed by atoms with van der Waals surface area (Å²) in [4.78, 5) is 11.3. The van der Waals surface area contributed by atoms with Gasteiger partial charge in [0.05, 0.1) is 0 Å². The van der Waals surface area contributed by atoms with Crippen LogP contribution in [0.25, 0.3) is 0 Å². The van der Waals surface area contributed by atoms with Gasteiger partial charge in [0.2, 0.25) is 0 Å². The van der Waals surface area contributed by atoms with Gasteiger partial charge in [-0.05, 0) is 69.1 Å². The van der Waals surface area contributed by atoms with E-state index in [9.17, 15) is 4.79 Å². The Morgan fingerprint density at radius 2 is 1.71 bits per heavy atom. The molecule has 1 fully saturated rings. The Hall–Kier alpha value is -1.11. The minimum atomic E-state index is 0.331. The topological polar surface area (TPSA) is 17.1 Å². The van der Waals surface area contributed by atoms with Gasteiger partial charge in [-0.15, -0.1) is 0 Å². The van der Waals surface area contributed by atoms with Gasteiger partial charge in [0, 0.05) is 5.92 Å². The normalized spacial score (nSPS) is 24.6. The van der Waals surface area contributed by atoms with Crippen molar-refractivity contribution in [2.45, 2.75) is 52.4 Å². The molecule has 0 atom stereocenters. The molecule has 1 aliphatic carbocycles. The predicted octanol–water partition coefficient (Wildman–Crippen LogP) is 4.17. The van der Waals surface area contributed by atoms with Gasteiger partial charge in [-0.25, -0.2) is 0 Å². The average molecular weight is 230 g/mol. The molecule has 1 aromatic carbocycles. The van der Waals surface area contributed by atoms with Crippen molar-refractivity contribution >= 4 is 5.78 Å². The van der Waals surface area contributed by atoms with Gasteiger partial charge in [-0.1, -0.05) is 18.2 Å². The summed E-state index contributed by atoms with van der Waals surface area (Å²) in [5.74, 6) is 1.38. The van der Waals surface area contributed by atoms with Crippen LogP contribution in [0, 0.1) is 19.8 Å². The third kappa shape index (κ3) is 2.77. The van der Waals surface area contributed by atoms with Crippen molar-refractivity contribution in [2.24, 2.45) is 5.92 Å². The van der Waals surface area contributed by atoms with Gasteiger partial charge in [-0.3, -0.25) is 4.79 Å². The lowest BCUT2D eigenvalue weighted by Gasteiger charge is -2.27. The monoisotopic (exact) mass is 230 g/mol. The van der Waals surface area contributed by atoms with Crippen LogP contribution in [-0.4, -0.2) is 5.78 Å². The van der Waals surface area contributed by atoms with E-state index in [0.717, 1.165) is 12.8 Å². The number of benzene rings is 1. The second kappa shape index (κ2) is 5.03. The SMILES string of the molecule is CC(=O)C1CCC(c2ccc(C)c(C)c2)CC1. The smallest absolute Gasteiger partial charge is 0.132 e. The standard InChI is InChI=1S/C16H22O/c1-11-4-5-16(10-12(11)2)15-8-6-14(7-9-15)13(3)17/h4-5,10,14-15H,6-9H2,1-3H3. The molecule has 0 spiro atoms. The molecule has 0 N–H and O–H groups in total. The molecule has 0 amide bonds. The zero-order valence-electron chi connectivity index (χ0n) is 11.1. The van der Waals surface area contributed by atoms with Crippen molar-refractivity contribution < 1.29 is 4.79 Å². The van der Waals surface area contributed by atoms with E-state index in [1.54, 1.807) is 6.92 Å². The molecule has 0 saturated heterocycles. The quantitative estimate of drug-likeness (QED) is 0.745. The van der Waals surface area contributed by atoms with Crippen molar-refractivity contribution in [2.75, 3.05) is 0 Å². The number of aryl methyl sites for hydroxylation is 2. The van der Waals surface area contributed by atoms with Gasteiger partial charge in [-0.2, -0.15) is 0 Å². The number of hydrogen-bond acceptors (Lipinski definition) is 1. The number of carbonyl (C=O) groups excluding carboxylic acids is 1. The van der Waals surface area contributed by atoms with Gasteiger partial charge in [0.1, 0.15) is 5.78 Å². The molecular weight excluding hydrogens is 208 g/mol. The Labute approximate surface area is 104 Å². The molecule has 0 bridgehead atoms. The van der Waals surface area contributed by atoms with Crippen molar-refractivity contribution in [1.29, 1.82) is 0 Å². The van der Waals surface area contributed by atoms with Gasteiger partial charge in [0.15, 0.2) is 0 Å². The summed E-state index contributed by atoms with van der Waals surface area (Å²) in [5, 5.41) is 0. The Balaban J connectivity index is 2.05. The highest BCUT2D eigenvalue weighted by Crippen LogP contribution is 2.36. The third-order valence-corrected chi connectivity index (χ3v) is 4.30. The number of carbonyl (C=O) groups is 1. The lowest BCUT2D eigenvalue weighted by atomic mass is 9.77. The molecule has 0 aromatic heterocycles. The van der Waals surface area contributed by atoms with Crippen LogP contribution in [-0.2, 0) is 4.79 Å². The highest BCUT2D eigenvalue weighted by atomic mass is 16.1. The van der Waals surface area contributed by atoms with Crippen molar-refractivity contribution in [3.05, 3.63) is 34.9 Å². The molecule has 1 nitrogen and oxygen atoms in total. The van der Waals surface area contributed by atoms with Crippen LogP contribution < -0.4 is 0 Å². The van der Waals surface area contributed by atoms with E-state index in [1.807, 2.05) is 0 Å². The predicted molar refractivity (Wildman–Crippen MR) is 71.3 cm³/mol. The molecule has 1 aliphatic rings. The zero-order valence-corrected chi connectivity index (χ0v) is 11.1. The molecule has 17 heavy (non-hydrogen) atoms. The van der Waals surface area contributed by atoms with E-state index in [4.69, 9.17) is 0 Å². The number of hydrogen-bond donors (Lipinski definition) is 0. The summed E-state index contributed by atoms with van der Waals surface area (Å²) in [6.45, 7) is 6.08. The molecule has 0 aliphatic heterocycles. The summed E-state index contributed by atoms with van der Waals surface area (Å²) in [7, 11) is 0. The first-order chi connectivity index (χ1) is 8.08. The minimum Gasteiger partial charge on any atom is -0.300 e. The van der Waals surface area contributed by atoms with E-state index in [1.165, 1.54) is 29.5 Å². The van der Waals surface area contributed by atoms with E-state index in [0.29, 0.717) is 17.6 Å². The fourth-order valence-electron chi connectivity index (χ4n) is 2.85. The molecule has 1 saturated carbocycles. The summed E-state index contributed by atoms with van der Waals surface area (Å²) in [6, 6.07) is 6.82. The molecule has 0 heterocycles. The van der Waals surface area contributed by atoms with Gasteiger partial charge >= 0.3 is 0 Å². The fourth-order valence-corrected chi connectivity index (χ4v) is 2.85. The lowest BCUT2D eigenvalue weighted by Crippen LogP contribution is -2.18. The Morgan fingerprint density at radius 3 is 2.24 bits per heavy atom. The molecule has 0 unspecified atom stereocenters. The third-order valence-electron chi connectivity index (χ3n) is 4.30. The summed E-state index contributed by atoms with van der Waals surface area (Å²) >= 11 is 0. The Morgan fingerprint density at radius 1 is 1.06 bits per heavy atom. The zero-order chi connectivity index (χ0) is 12.4. The first-order valence-corrected chi connectivity index (χ1v) is 6.65. The van der Waals surface area contributed by atoms with Crippen LogP contribution in [0.15, 0.2) is 18.2 Å². The molecule has 1 aromatic rings. The molecular formula is C16H22O. The Bertz CT molecular complexity index is 412. The highest BCUT2D eigenvalue weighted by molar-refractivity contribution is 5.78. The van der Waals surface area contributed by atoms with Crippen LogP contribution >= 0.6 is 0 Å². The van der Waals surface area contributed by atoms with Crippen LogP contribution in [0.2, 0.25) is 0 Å². The van der Waals surface area contributed by atoms with Crippen molar-refractivity contribution in [3.8, 4) is 0 Å². The Kier molecular flexibility index (Phi) is 3.66. The van der Waals surface area contributed by atoms with E-state index in [2.05, 4.69) is 32.0 Å². The highest BCUT2D eigenvalue weighted by Gasteiger charge is 2.24. The molecule has 92 valence electrons. The summed E-state index contributed by atoms with van der Waals surface area (Å²) in [6.07, 6.45) is 4.50. The van der Waals surface area contributed by atoms with Gasteiger partial charge in [0.25, 0.3) is 0 Å². The maximum absolute atomic E-state index is 11.3. The maximum Gasteiger partial charge on any atom is 0.132 e. The summed E-state index contributed by atoms with van der Waals surface area (Å²) in [5.41, 5.74) is 4.22. The maximum atomic E-state index is 11.3. The van der Waals surface area contributed by atoms with Crippen molar-refractivity contribution in [3.63, 3.8) is 0 Å². The van der Waals surface area contributed by atoms with E-state index >= 15 is 0 Å². The molecule has 0 radical (unpaired) electrons. The van der Waals surface area contributed by atoms with Crippen LogP contribution in [0.1, 0.15) is 55.2 Å². The number of rotatable bonds is 2. The second-order valence-electron chi connectivity index (χ2n) is 5.50. The van der Waals surface area contributed by atoms with Crippen LogP contribution in [0.3, 0.4) is 0 Å². The number of Topliss-reactive ketones (excluding diaryl/α,β-unsaturated/α-hetero) is 1. The molecule has 1 heteroatoms. The van der Waals surface area contributed by atoms with Gasteiger partial charge < -0.3 is 0 Å². The van der Waals surface area contributed by atoms with Crippen LogP contribution in [0.4, 0.5) is 0 Å². The average Bonchev–Trinajstić information content (AvgIpc) is 2.33. The lowest BCUT2D eigenvalue weighted by molar-refractivity contribution is -0.121. The largest absolute Gasteiger partial charge is 0.300 e.